The minimum Gasteiger partial charge on any atom is -0.481 e. The predicted octanol–water partition coefficient (Wildman–Crippen LogP) is 1.23. The van der Waals surface area contributed by atoms with Crippen LogP contribution in [0.25, 0.3) is 0 Å². The third-order valence-corrected chi connectivity index (χ3v) is 3.04. The van der Waals surface area contributed by atoms with Gasteiger partial charge in [0.05, 0.1) is 12.2 Å². The summed E-state index contributed by atoms with van der Waals surface area (Å²) in [6.07, 6.45) is 0.784. The predicted molar refractivity (Wildman–Crippen MR) is 73.8 cm³/mol. The fourth-order valence-electron chi connectivity index (χ4n) is 1.99. The summed E-state index contributed by atoms with van der Waals surface area (Å²) in [6, 6.07) is 7.47. The molecule has 1 heterocycles. The lowest BCUT2D eigenvalue weighted by Crippen LogP contribution is -2.44. The number of carbonyl (C=O) groups excluding carboxylic acids is 1. The lowest BCUT2D eigenvalue weighted by Gasteiger charge is -2.26. The van der Waals surface area contributed by atoms with Crippen LogP contribution in [0.1, 0.15) is 19.3 Å². The lowest BCUT2D eigenvalue weighted by molar-refractivity contribution is -0.137. The quantitative estimate of drug-likeness (QED) is 0.681. The highest BCUT2D eigenvalue weighted by molar-refractivity contribution is 5.83. The van der Waals surface area contributed by atoms with Gasteiger partial charge in [-0.15, -0.1) is 0 Å². The molecule has 1 aromatic carbocycles. The van der Waals surface area contributed by atoms with Gasteiger partial charge in [0.1, 0.15) is 5.75 Å². The zero-order valence-electron chi connectivity index (χ0n) is 11.1. The first-order valence-corrected chi connectivity index (χ1v) is 6.66. The van der Waals surface area contributed by atoms with Gasteiger partial charge in [0, 0.05) is 13.0 Å². The Kier molecular flexibility index (Phi) is 4.81. The molecule has 0 spiro atoms. The fraction of sp³-hybridized carbons (Fsp3) is 0.429. The van der Waals surface area contributed by atoms with E-state index in [1.165, 1.54) is 0 Å². The number of anilines is 1. The second kappa shape index (κ2) is 6.79. The molecule has 1 aromatic rings. The largest absolute Gasteiger partial charge is 0.481 e. The highest BCUT2D eigenvalue weighted by atomic mass is 16.5. The van der Waals surface area contributed by atoms with Crippen LogP contribution in [0.15, 0.2) is 24.3 Å². The van der Waals surface area contributed by atoms with Crippen LogP contribution in [0.2, 0.25) is 0 Å². The summed E-state index contributed by atoms with van der Waals surface area (Å²) in [5, 5.41) is 14.4. The van der Waals surface area contributed by atoms with Gasteiger partial charge in [0.25, 0.3) is 5.91 Å². The van der Waals surface area contributed by atoms with Gasteiger partial charge in [-0.05, 0) is 25.0 Å². The summed E-state index contributed by atoms with van der Waals surface area (Å²) in [5.41, 5.74) is 0.887. The molecule has 1 atom stereocenters. The lowest BCUT2D eigenvalue weighted by atomic mass is 10.2. The number of aliphatic carboxylic acids is 1. The van der Waals surface area contributed by atoms with Crippen LogP contribution in [-0.2, 0) is 9.59 Å². The molecular formula is C14H18N2O4. The number of benzene rings is 1. The van der Waals surface area contributed by atoms with Crippen LogP contribution >= 0.6 is 0 Å². The molecule has 3 N–H and O–H groups in total. The van der Waals surface area contributed by atoms with Gasteiger partial charge in [-0.2, -0.15) is 0 Å². The molecule has 0 aliphatic carbocycles. The standard InChI is InChI=1S/C14H18N2O4/c17-13(18)7-3-4-8-15-14(19)12-9-16-10-5-1-2-6-11(10)20-12/h1-2,5-6,12,16H,3-4,7-9H2,(H,15,19)(H,17,18). The van der Waals surface area contributed by atoms with Crippen LogP contribution in [0.4, 0.5) is 5.69 Å². The Morgan fingerprint density at radius 3 is 2.95 bits per heavy atom. The molecule has 1 aliphatic rings. The number of nitrogens with one attached hydrogen (secondary N) is 2. The fourth-order valence-corrected chi connectivity index (χ4v) is 1.99. The number of amides is 1. The maximum absolute atomic E-state index is 11.9. The summed E-state index contributed by atoms with van der Waals surface area (Å²) < 4.78 is 5.62. The molecule has 0 radical (unpaired) electrons. The van der Waals surface area contributed by atoms with Crippen LogP contribution in [0.5, 0.6) is 5.75 Å². The summed E-state index contributed by atoms with van der Waals surface area (Å²) in [7, 11) is 0. The number of carboxylic acids is 1. The molecule has 1 aliphatic heterocycles. The van der Waals surface area contributed by atoms with Crippen molar-refractivity contribution in [3.8, 4) is 5.75 Å². The Bertz CT molecular complexity index is 490. The highest BCUT2D eigenvalue weighted by Gasteiger charge is 2.25. The van der Waals surface area contributed by atoms with Gasteiger partial charge in [0.15, 0.2) is 6.10 Å². The molecule has 6 heteroatoms. The third kappa shape index (κ3) is 3.88. The Balaban J connectivity index is 1.73. The molecule has 0 aromatic heterocycles. The number of rotatable bonds is 6. The Hall–Kier alpha value is -2.24. The first-order valence-electron chi connectivity index (χ1n) is 6.66. The van der Waals surface area contributed by atoms with Crippen molar-refractivity contribution in [2.45, 2.75) is 25.4 Å². The van der Waals surface area contributed by atoms with Crippen molar-refractivity contribution in [1.29, 1.82) is 0 Å². The van der Waals surface area contributed by atoms with Crippen LogP contribution in [0, 0.1) is 0 Å². The minimum absolute atomic E-state index is 0.130. The van der Waals surface area contributed by atoms with Crippen molar-refractivity contribution in [2.75, 3.05) is 18.4 Å². The van der Waals surface area contributed by atoms with E-state index in [-0.39, 0.29) is 12.3 Å². The zero-order chi connectivity index (χ0) is 14.4. The first-order chi connectivity index (χ1) is 9.66. The Morgan fingerprint density at radius 2 is 2.15 bits per heavy atom. The average Bonchev–Trinajstić information content (AvgIpc) is 2.46. The van der Waals surface area contributed by atoms with Crippen LogP contribution < -0.4 is 15.4 Å². The van der Waals surface area contributed by atoms with Crippen molar-refractivity contribution in [3.63, 3.8) is 0 Å². The molecule has 6 nitrogen and oxygen atoms in total. The second-order valence-corrected chi connectivity index (χ2v) is 4.63. The van der Waals surface area contributed by atoms with Crippen molar-refractivity contribution in [1.82, 2.24) is 5.32 Å². The Morgan fingerprint density at radius 1 is 1.35 bits per heavy atom. The van der Waals surface area contributed by atoms with E-state index < -0.39 is 12.1 Å². The van der Waals surface area contributed by atoms with E-state index in [0.29, 0.717) is 31.7 Å². The molecule has 0 fully saturated rings. The zero-order valence-corrected chi connectivity index (χ0v) is 11.1. The number of carboxylic acid groups (broad SMARTS) is 1. The van der Waals surface area contributed by atoms with Crippen molar-refractivity contribution < 1.29 is 19.4 Å². The normalized spacial score (nSPS) is 16.5. The number of hydrogen-bond acceptors (Lipinski definition) is 4. The molecule has 1 amide bonds. The van der Waals surface area contributed by atoms with Gasteiger partial charge < -0.3 is 20.5 Å². The van der Waals surface area contributed by atoms with E-state index in [1.807, 2.05) is 24.3 Å². The van der Waals surface area contributed by atoms with Crippen LogP contribution in [-0.4, -0.2) is 36.2 Å². The molecule has 0 saturated carbocycles. The first kappa shape index (κ1) is 14.2. The van der Waals surface area contributed by atoms with E-state index in [9.17, 15) is 9.59 Å². The van der Waals surface area contributed by atoms with Gasteiger partial charge in [-0.25, -0.2) is 0 Å². The molecule has 108 valence electrons. The second-order valence-electron chi connectivity index (χ2n) is 4.63. The number of para-hydroxylation sites is 2. The Labute approximate surface area is 117 Å². The molecule has 1 unspecified atom stereocenters. The SMILES string of the molecule is O=C(O)CCCCNC(=O)C1CNc2ccccc2O1. The monoisotopic (exact) mass is 278 g/mol. The summed E-state index contributed by atoms with van der Waals surface area (Å²) in [6.45, 7) is 0.894. The minimum atomic E-state index is -0.812. The molecule has 0 saturated heterocycles. The maximum atomic E-state index is 11.9. The summed E-state index contributed by atoms with van der Waals surface area (Å²) in [5.74, 6) is -0.320. The van der Waals surface area contributed by atoms with E-state index >= 15 is 0 Å². The maximum Gasteiger partial charge on any atom is 0.303 e. The van der Waals surface area contributed by atoms with Crippen LogP contribution in [0.3, 0.4) is 0 Å². The van der Waals surface area contributed by atoms with Gasteiger partial charge in [-0.3, -0.25) is 9.59 Å². The molecule has 0 bridgehead atoms. The number of fused-ring (bicyclic) bond motifs is 1. The number of ether oxygens (including phenoxy) is 1. The number of unbranched alkanes of at least 4 members (excludes halogenated alkanes) is 1. The molecular weight excluding hydrogens is 260 g/mol. The summed E-state index contributed by atoms with van der Waals surface area (Å²) in [4.78, 5) is 22.3. The highest BCUT2D eigenvalue weighted by Crippen LogP contribution is 2.28. The molecule has 20 heavy (non-hydrogen) atoms. The van der Waals surface area contributed by atoms with Crippen molar-refractivity contribution >= 4 is 17.6 Å². The average molecular weight is 278 g/mol. The van der Waals surface area contributed by atoms with Crippen molar-refractivity contribution in [2.24, 2.45) is 0 Å². The summed E-state index contributed by atoms with van der Waals surface area (Å²) >= 11 is 0. The van der Waals surface area contributed by atoms with Gasteiger partial charge in [-0.1, -0.05) is 12.1 Å². The van der Waals surface area contributed by atoms with Gasteiger partial charge in [0.2, 0.25) is 0 Å². The number of hydrogen-bond donors (Lipinski definition) is 3. The topological polar surface area (TPSA) is 87.7 Å². The van der Waals surface area contributed by atoms with E-state index in [1.54, 1.807) is 0 Å². The van der Waals surface area contributed by atoms with E-state index in [4.69, 9.17) is 9.84 Å². The smallest absolute Gasteiger partial charge is 0.303 e. The molecule has 2 rings (SSSR count). The van der Waals surface area contributed by atoms with E-state index in [2.05, 4.69) is 10.6 Å². The number of carbonyl (C=O) groups is 2. The third-order valence-electron chi connectivity index (χ3n) is 3.04. The van der Waals surface area contributed by atoms with Gasteiger partial charge >= 0.3 is 5.97 Å². The van der Waals surface area contributed by atoms with Crippen molar-refractivity contribution in [3.05, 3.63) is 24.3 Å². The van der Waals surface area contributed by atoms with E-state index in [0.717, 1.165) is 5.69 Å².